The van der Waals surface area contributed by atoms with Crippen LogP contribution in [0.15, 0.2) is 29.4 Å². The van der Waals surface area contributed by atoms with Crippen molar-refractivity contribution < 1.29 is 9.18 Å². The lowest BCUT2D eigenvalue weighted by Crippen LogP contribution is -2.50. The van der Waals surface area contributed by atoms with Crippen molar-refractivity contribution in [2.24, 2.45) is 0 Å². The van der Waals surface area contributed by atoms with Crippen LogP contribution in [0.1, 0.15) is 36.1 Å². The molecule has 1 saturated heterocycles. The van der Waals surface area contributed by atoms with E-state index in [9.17, 15) is 9.18 Å². The molecule has 1 aromatic carbocycles. The number of thioether (sulfide) groups is 1. The SMILES string of the molecule is CCc1nc2n(n1)C(=O)C(C(c1cccc(F)c1)N1CCN(CC)CC1)S2. The Morgan fingerprint density at radius 1 is 1.26 bits per heavy atom. The predicted octanol–water partition coefficient (Wildman–Crippen LogP) is 2.47. The van der Waals surface area contributed by atoms with E-state index in [4.69, 9.17) is 0 Å². The summed E-state index contributed by atoms with van der Waals surface area (Å²) < 4.78 is 15.4. The maximum absolute atomic E-state index is 13.9. The van der Waals surface area contributed by atoms with Crippen LogP contribution in [-0.2, 0) is 6.42 Å². The fourth-order valence-corrected chi connectivity index (χ4v) is 5.09. The second-order valence-corrected chi connectivity index (χ2v) is 8.03. The first-order valence-electron chi connectivity index (χ1n) is 9.49. The predicted molar refractivity (Wildman–Crippen MR) is 102 cm³/mol. The van der Waals surface area contributed by atoms with E-state index < -0.39 is 0 Å². The molecule has 3 heterocycles. The number of benzene rings is 1. The molecular weight excluding hydrogens is 365 g/mol. The van der Waals surface area contributed by atoms with Crippen molar-refractivity contribution in [2.45, 2.75) is 36.7 Å². The Balaban J connectivity index is 1.64. The molecule has 0 saturated carbocycles. The maximum atomic E-state index is 13.9. The van der Waals surface area contributed by atoms with E-state index >= 15 is 0 Å². The lowest BCUT2D eigenvalue weighted by atomic mass is 10.00. The van der Waals surface area contributed by atoms with Gasteiger partial charge in [-0.3, -0.25) is 9.69 Å². The van der Waals surface area contributed by atoms with Crippen LogP contribution < -0.4 is 0 Å². The third kappa shape index (κ3) is 3.53. The van der Waals surface area contributed by atoms with Crippen LogP contribution in [0.5, 0.6) is 0 Å². The number of hydrogen-bond acceptors (Lipinski definition) is 6. The molecular formula is C19H24FN5OS. The highest BCUT2D eigenvalue weighted by molar-refractivity contribution is 8.00. The lowest BCUT2D eigenvalue weighted by molar-refractivity contribution is 0.0738. The Kier molecular flexibility index (Phi) is 5.29. The highest BCUT2D eigenvalue weighted by atomic mass is 32.2. The molecule has 1 fully saturated rings. The minimum Gasteiger partial charge on any atom is -0.301 e. The fraction of sp³-hybridized carbons (Fsp3) is 0.526. The highest BCUT2D eigenvalue weighted by Gasteiger charge is 2.43. The first-order chi connectivity index (χ1) is 13.1. The normalized spacial score (nSPS) is 22.2. The van der Waals surface area contributed by atoms with Gasteiger partial charge in [0, 0.05) is 32.6 Å². The number of halogens is 1. The molecule has 2 aliphatic rings. The van der Waals surface area contributed by atoms with Crippen LogP contribution in [0.4, 0.5) is 4.39 Å². The first-order valence-corrected chi connectivity index (χ1v) is 10.4. The van der Waals surface area contributed by atoms with Gasteiger partial charge in [0.2, 0.25) is 0 Å². The second kappa shape index (κ2) is 7.69. The Bertz CT molecular complexity index is 833. The van der Waals surface area contributed by atoms with E-state index in [1.54, 1.807) is 12.1 Å². The van der Waals surface area contributed by atoms with E-state index in [-0.39, 0.29) is 23.0 Å². The molecule has 144 valence electrons. The number of hydrogen-bond donors (Lipinski definition) is 0. The van der Waals surface area contributed by atoms with Crippen LogP contribution in [0.2, 0.25) is 0 Å². The highest BCUT2D eigenvalue weighted by Crippen LogP contribution is 2.41. The van der Waals surface area contributed by atoms with Gasteiger partial charge in [0.25, 0.3) is 5.91 Å². The molecule has 0 amide bonds. The summed E-state index contributed by atoms with van der Waals surface area (Å²) in [7, 11) is 0. The summed E-state index contributed by atoms with van der Waals surface area (Å²) in [5, 5.41) is 4.63. The average Bonchev–Trinajstić information content (AvgIpc) is 3.22. The summed E-state index contributed by atoms with van der Waals surface area (Å²) in [6, 6.07) is 6.44. The van der Waals surface area contributed by atoms with Crippen LogP contribution >= 0.6 is 11.8 Å². The van der Waals surface area contributed by atoms with E-state index in [2.05, 4.69) is 26.8 Å². The molecule has 0 spiro atoms. The van der Waals surface area contributed by atoms with Gasteiger partial charge in [-0.1, -0.05) is 37.7 Å². The molecule has 2 unspecified atom stereocenters. The molecule has 1 aromatic heterocycles. The van der Waals surface area contributed by atoms with E-state index in [0.29, 0.717) is 17.4 Å². The monoisotopic (exact) mass is 389 g/mol. The number of fused-ring (bicyclic) bond motifs is 1. The van der Waals surface area contributed by atoms with Crippen molar-refractivity contribution in [1.82, 2.24) is 24.6 Å². The number of aryl methyl sites for hydroxylation is 1. The summed E-state index contributed by atoms with van der Waals surface area (Å²) in [6.07, 6.45) is 0.699. The van der Waals surface area contributed by atoms with Crippen LogP contribution in [0.3, 0.4) is 0 Å². The van der Waals surface area contributed by atoms with Crippen LogP contribution in [0, 0.1) is 5.82 Å². The number of carbonyl (C=O) groups excluding carboxylic acids is 1. The van der Waals surface area contributed by atoms with E-state index in [0.717, 1.165) is 38.3 Å². The minimum absolute atomic E-state index is 0.0608. The van der Waals surface area contributed by atoms with E-state index in [1.165, 1.54) is 22.5 Å². The number of rotatable bonds is 5. The van der Waals surface area contributed by atoms with Crippen molar-refractivity contribution in [1.29, 1.82) is 0 Å². The Hall–Kier alpha value is -1.77. The summed E-state index contributed by atoms with van der Waals surface area (Å²) in [6.45, 7) is 8.78. The number of piperazine rings is 1. The van der Waals surface area contributed by atoms with Gasteiger partial charge in [-0.2, -0.15) is 4.68 Å². The van der Waals surface area contributed by atoms with Gasteiger partial charge < -0.3 is 4.90 Å². The van der Waals surface area contributed by atoms with Gasteiger partial charge in [0.1, 0.15) is 11.1 Å². The molecule has 6 nitrogen and oxygen atoms in total. The molecule has 0 N–H and O–H groups in total. The minimum atomic E-state index is -0.360. The zero-order chi connectivity index (χ0) is 19.0. The van der Waals surface area contributed by atoms with Gasteiger partial charge in [-0.15, -0.1) is 5.10 Å². The third-order valence-corrected chi connectivity index (χ3v) is 6.53. The van der Waals surface area contributed by atoms with Gasteiger partial charge >= 0.3 is 0 Å². The summed E-state index contributed by atoms with van der Waals surface area (Å²) in [5.74, 6) is 0.349. The molecule has 2 atom stereocenters. The van der Waals surface area contributed by atoms with Crippen molar-refractivity contribution in [2.75, 3.05) is 32.7 Å². The van der Waals surface area contributed by atoms with Crippen LogP contribution in [-0.4, -0.2) is 68.4 Å². The number of nitrogens with zero attached hydrogens (tertiary/aromatic N) is 5. The lowest BCUT2D eigenvalue weighted by Gasteiger charge is -2.40. The smallest absolute Gasteiger partial charge is 0.264 e. The van der Waals surface area contributed by atoms with E-state index in [1.807, 2.05) is 13.0 Å². The van der Waals surface area contributed by atoms with Crippen molar-refractivity contribution >= 4 is 17.7 Å². The van der Waals surface area contributed by atoms with Gasteiger partial charge in [0.05, 0.1) is 6.04 Å². The molecule has 4 rings (SSSR count). The van der Waals surface area contributed by atoms with Crippen LogP contribution in [0.25, 0.3) is 0 Å². The Morgan fingerprint density at radius 2 is 2.04 bits per heavy atom. The molecule has 2 aliphatic heterocycles. The summed E-state index contributed by atoms with van der Waals surface area (Å²) in [4.78, 5) is 22.3. The molecule has 2 aromatic rings. The van der Waals surface area contributed by atoms with Gasteiger partial charge in [-0.25, -0.2) is 9.37 Å². The molecule has 0 aliphatic carbocycles. The zero-order valence-corrected chi connectivity index (χ0v) is 16.5. The standard InChI is InChI=1S/C19H24FN5OS/c1-3-15-21-19-25(22-15)18(26)17(27-19)16(13-6-5-7-14(20)12-13)24-10-8-23(4-2)9-11-24/h5-7,12,16-17H,3-4,8-11H2,1-2H3. The molecule has 8 heteroatoms. The third-order valence-electron chi connectivity index (χ3n) is 5.35. The molecule has 0 radical (unpaired) electrons. The number of likely N-dealkylation sites (N-methyl/N-ethyl adjacent to an activating group) is 1. The number of aromatic nitrogens is 3. The maximum Gasteiger partial charge on any atom is 0.264 e. The first kappa shape index (κ1) is 18.6. The quantitative estimate of drug-likeness (QED) is 0.783. The van der Waals surface area contributed by atoms with Gasteiger partial charge in [0.15, 0.2) is 11.0 Å². The second-order valence-electron chi connectivity index (χ2n) is 6.92. The van der Waals surface area contributed by atoms with Gasteiger partial charge in [-0.05, 0) is 24.2 Å². The Morgan fingerprint density at radius 3 is 2.67 bits per heavy atom. The van der Waals surface area contributed by atoms with Crippen molar-refractivity contribution in [3.63, 3.8) is 0 Å². The zero-order valence-electron chi connectivity index (χ0n) is 15.6. The summed E-state index contributed by atoms with van der Waals surface area (Å²) >= 11 is 1.45. The van der Waals surface area contributed by atoms with Crippen molar-refractivity contribution in [3.8, 4) is 0 Å². The molecule has 27 heavy (non-hydrogen) atoms. The summed E-state index contributed by atoms with van der Waals surface area (Å²) in [5.41, 5.74) is 0.840. The fourth-order valence-electron chi connectivity index (χ4n) is 3.82. The topological polar surface area (TPSA) is 54.3 Å². The van der Waals surface area contributed by atoms with Crippen molar-refractivity contribution in [3.05, 3.63) is 41.5 Å². The number of carbonyl (C=O) groups is 1. The largest absolute Gasteiger partial charge is 0.301 e. The average molecular weight is 390 g/mol. The molecule has 0 bridgehead atoms. The Labute approximate surface area is 162 Å².